The van der Waals surface area contributed by atoms with Gasteiger partial charge in [-0.1, -0.05) is 43.3 Å². The number of rotatable bonds is 5. The highest BCUT2D eigenvalue weighted by Gasteiger charge is 2.16. The Kier molecular flexibility index (Phi) is 4.58. The number of ketones is 1. The number of aliphatic hydroxyl groups excluding tert-OH is 1. The zero-order valence-corrected chi connectivity index (χ0v) is 13.8. The number of pyridine rings is 1. The third-order valence-electron chi connectivity index (χ3n) is 4.18. The maximum absolute atomic E-state index is 12.4. The van der Waals surface area contributed by atoms with Crippen molar-refractivity contribution in [3.63, 3.8) is 0 Å². The van der Waals surface area contributed by atoms with Gasteiger partial charge in [0.15, 0.2) is 5.78 Å². The molecule has 0 aliphatic heterocycles. The average Bonchev–Trinajstić information content (AvgIpc) is 2.62. The van der Waals surface area contributed by atoms with Crippen LogP contribution < -0.4 is 5.32 Å². The molecule has 1 heterocycles. The smallest absolute Gasteiger partial charge is 0.166 e. The predicted octanol–water partition coefficient (Wildman–Crippen LogP) is 4.37. The first-order valence-corrected chi connectivity index (χ1v) is 8.03. The van der Waals surface area contributed by atoms with Crippen LogP contribution in [-0.2, 0) is 6.61 Å². The second-order valence-electron chi connectivity index (χ2n) is 5.73. The van der Waals surface area contributed by atoms with Gasteiger partial charge in [-0.05, 0) is 18.6 Å². The van der Waals surface area contributed by atoms with Crippen molar-refractivity contribution in [1.82, 2.24) is 4.98 Å². The number of carbonyl (C=O) groups is 1. The van der Waals surface area contributed by atoms with Crippen molar-refractivity contribution in [1.29, 1.82) is 0 Å². The van der Waals surface area contributed by atoms with E-state index < -0.39 is 0 Å². The van der Waals surface area contributed by atoms with Gasteiger partial charge in [0, 0.05) is 29.3 Å². The number of hydrogen-bond acceptors (Lipinski definition) is 4. The van der Waals surface area contributed by atoms with Crippen molar-refractivity contribution in [3.05, 3.63) is 65.4 Å². The summed E-state index contributed by atoms with van der Waals surface area (Å²) in [6, 6.07) is 13.6. The number of fused-ring (bicyclic) bond motifs is 1. The molecule has 1 aromatic heterocycles. The molecule has 24 heavy (non-hydrogen) atoms. The molecule has 122 valence electrons. The number of nitrogens with one attached hydrogen (secondary N) is 1. The Morgan fingerprint density at radius 1 is 1.17 bits per heavy atom. The van der Waals surface area contributed by atoms with Crippen molar-refractivity contribution in [3.8, 4) is 0 Å². The van der Waals surface area contributed by atoms with Crippen molar-refractivity contribution < 1.29 is 9.90 Å². The molecule has 0 aliphatic rings. The molecule has 2 N–H and O–H groups in total. The average molecular weight is 320 g/mol. The molecule has 4 nitrogen and oxygen atoms in total. The van der Waals surface area contributed by atoms with Crippen LogP contribution in [0.3, 0.4) is 0 Å². The van der Waals surface area contributed by atoms with Crippen molar-refractivity contribution in [2.75, 3.05) is 5.32 Å². The van der Waals surface area contributed by atoms with E-state index in [9.17, 15) is 9.90 Å². The van der Waals surface area contributed by atoms with Crippen LogP contribution in [0.1, 0.15) is 34.8 Å². The van der Waals surface area contributed by atoms with Gasteiger partial charge in [0.05, 0.1) is 23.4 Å². The molecule has 0 unspecified atom stereocenters. The maximum atomic E-state index is 12.4. The highest BCUT2D eigenvalue weighted by molar-refractivity contribution is 6.09. The number of Topliss-reactive ketones (excluding diaryl/α,β-unsaturated/α-hetero) is 1. The summed E-state index contributed by atoms with van der Waals surface area (Å²) in [5, 5.41) is 13.8. The van der Waals surface area contributed by atoms with Crippen LogP contribution in [0.4, 0.5) is 11.4 Å². The maximum Gasteiger partial charge on any atom is 0.166 e. The molecule has 0 atom stereocenters. The zero-order chi connectivity index (χ0) is 17.1. The second-order valence-corrected chi connectivity index (χ2v) is 5.73. The molecule has 3 aromatic rings. The summed E-state index contributed by atoms with van der Waals surface area (Å²) in [7, 11) is 0. The van der Waals surface area contributed by atoms with Crippen LogP contribution in [0, 0.1) is 6.92 Å². The van der Waals surface area contributed by atoms with E-state index in [1.165, 1.54) is 0 Å². The second kappa shape index (κ2) is 6.81. The lowest BCUT2D eigenvalue weighted by Gasteiger charge is -2.16. The Bertz CT molecular complexity index is 903. The Labute approximate surface area is 141 Å². The SMILES string of the molecule is CCC(=O)c1cnc2c(CO)cccc2c1Nc1ccccc1C. The molecule has 2 aromatic carbocycles. The number of aryl methyl sites for hydroxylation is 1. The van der Waals surface area contributed by atoms with E-state index >= 15 is 0 Å². The molecule has 0 amide bonds. The van der Waals surface area contributed by atoms with Crippen LogP contribution >= 0.6 is 0 Å². The molecule has 0 spiro atoms. The van der Waals surface area contributed by atoms with Gasteiger partial charge in [-0.15, -0.1) is 0 Å². The number of para-hydroxylation sites is 2. The third kappa shape index (κ3) is 2.88. The van der Waals surface area contributed by atoms with Crippen LogP contribution in [0.25, 0.3) is 10.9 Å². The molecular weight excluding hydrogens is 300 g/mol. The van der Waals surface area contributed by atoms with Crippen LogP contribution in [0.2, 0.25) is 0 Å². The fraction of sp³-hybridized carbons (Fsp3) is 0.200. The van der Waals surface area contributed by atoms with E-state index in [4.69, 9.17) is 0 Å². The summed E-state index contributed by atoms with van der Waals surface area (Å²) in [5.74, 6) is 0.0369. The standard InChI is InChI=1S/C20H20N2O2/c1-3-18(24)16-11-21-19-14(12-23)8-6-9-15(19)20(16)22-17-10-5-4-7-13(17)2/h4-11,23H,3,12H2,1-2H3,(H,21,22). The van der Waals surface area contributed by atoms with Crippen molar-refractivity contribution in [2.24, 2.45) is 0 Å². The molecule has 0 saturated carbocycles. The van der Waals surface area contributed by atoms with Gasteiger partial charge >= 0.3 is 0 Å². The van der Waals surface area contributed by atoms with Crippen molar-refractivity contribution in [2.45, 2.75) is 26.9 Å². The van der Waals surface area contributed by atoms with Gasteiger partial charge in [0.25, 0.3) is 0 Å². The fourth-order valence-electron chi connectivity index (χ4n) is 2.80. The van der Waals surface area contributed by atoms with Crippen LogP contribution in [0.15, 0.2) is 48.7 Å². The number of carbonyl (C=O) groups excluding carboxylic acids is 1. The molecular formula is C20H20N2O2. The van der Waals surface area contributed by atoms with Crippen molar-refractivity contribution >= 4 is 28.1 Å². The molecule has 0 bridgehead atoms. The van der Waals surface area contributed by atoms with E-state index in [1.54, 1.807) is 6.20 Å². The molecule has 0 fully saturated rings. The molecule has 4 heteroatoms. The number of aliphatic hydroxyl groups is 1. The first-order valence-electron chi connectivity index (χ1n) is 8.03. The summed E-state index contributed by atoms with van der Waals surface area (Å²) in [4.78, 5) is 16.8. The fourth-order valence-corrected chi connectivity index (χ4v) is 2.80. The molecule has 3 rings (SSSR count). The first kappa shape index (κ1) is 16.1. The lowest BCUT2D eigenvalue weighted by molar-refractivity contribution is 0.0989. The zero-order valence-electron chi connectivity index (χ0n) is 13.8. The minimum Gasteiger partial charge on any atom is -0.392 e. The Morgan fingerprint density at radius 3 is 2.67 bits per heavy atom. The number of aromatic nitrogens is 1. The largest absolute Gasteiger partial charge is 0.392 e. The normalized spacial score (nSPS) is 10.8. The monoisotopic (exact) mass is 320 g/mol. The topological polar surface area (TPSA) is 62.2 Å². The summed E-state index contributed by atoms with van der Waals surface area (Å²) < 4.78 is 0. The lowest BCUT2D eigenvalue weighted by Crippen LogP contribution is -2.06. The summed E-state index contributed by atoms with van der Waals surface area (Å²) in [5.41, 5.74) is 4.82. The number of nitrogens with zero attached hydrogens (tertiary/aromatic N) is 1. The van der Waals surface area contributed by atoms with E-state index in [0.29, 0.717) is 17.5 Å². The van der Waals surface area contributed by atoms with E-state index in [1.807, 2.05) is 56.3 Å². The Balaban J connectivity index is 2.25. The number of benzene rings is 2. The molecule has 0 aliphatic carbocycles. The first-order chi connectivity index (χ1) is 11.7. The van der Waals surface area contributed by atoms with Gasteiger partial charge in [0.1, 0.15) is 0 Å². The van der Waals surface area contributed by atoms with E-state index in [2.05, 4.69) is 10.3 Å². The third-order valence-corrected chi connectivity index (χ3v) is 4.18. The van der Waals surface area contributed by atoms with E-state index in [0.717, 1.165) is 27.9 Å². The van der Waals surface area contributed by atoms with Gasteiger partial charge < -0.3 is 10.4 Å². The number of hydrogen-bond donors (Lipinski definition) is 2. The molecule has 0 radical (unpaired) electrons. The van der Waals surface area contributed by atoms with Gasteiger partial charge in [-0.2, -0.15) is 0 Å². The summed E-state index contributed by atoms with van der Waals surface area (Å²) in [6.45, 7) is 3.77. The number of anilines is 2. The van der Waals surface area contributed by atoms with Crippen LogP contribution in [-0.4, -0.2) is 15.9 Å². The quantitative estimate of drug-likeness (QED) is 0.685. The predicted molar refractivity (Wildman–Crippen MR) is 96.7 cm³/mol. The summed E-state index contributed by atoms with van der Waals surface area (Å²) >= 11 is 0. The highest BCUT2D eigenvalue weighted by atomic mass is 16.3. The molecule has 0 saturated heterocycles. The van der Waals surface area contributed by atoms with Gasteiger partial charge in [0.2, 0.25) is 0 Å². The minimum atomic E-state index is -0.0881. The van der Waals surface area contributed by atoms with Gasteiger partial charge in [-0.25, -0.2) is 0 Å². The van der Waals surface area contributed by atoms with Gasteiger partial charge in [-0.3, -0.25) is 9.78 Å². The Morgan fingerprint density at radius 2 is 1.96 bits per heavy atom. The van der Waals surface area contributed by atoms with Crippen LogP contribution in [0.5, 0.6) is 0 Å². The minimum absolute atomic E-state index is 0.0369. The highest BCUT2D eigenvalue weighted by Crippen LogP contribution is 2.32. The van der Waals surface area contributed by atoms with E-state index in [-0.39, 0.29) is 12.4 Å². The summed E-state index contributed by atoms with van der Waals surface area (Å²) in [6.07, 6.45) is 2.02. The lowest BCUT2D eigenvalue weighted by atomic mass is 10.0. The Hall–Kier alpha value is -2.72.